The molecule has 2 amide bonds. The number of benzene rings is 1. The lowest BCUT2D eigenvalue weighted by Gasteiger charge is -2.35. The Kier molecular flexibility index (Phi) is 6.89. The van der Waals surface area contributed by atoms with Gasteiger partial charge in [-0.2, -0.15) is 0 Å². The van der Waals surface area contributed by atoms with Gasteiger partial charge in [0.05, 0.1) is 16.8 Å². The molecule has 2 unspecified atom stereocenters. The quantitative estimate of drug-likeness (QED) is 0.659. The summed E-state index contributed by atoms with van der Waals surface area (Å²) in [6.45, 7) is 10.3. The zero-order chi connectivity index (χ0) is 22.0. The van der Waals surface area contributed by atoms with E-state index >= 15 is 0 Å². The highest BCUT2D eigenvalue weighted by Gasteiger charge is 2.27. The molecule has 31 heavy (non-hydrogen) atoms. The molecule has 2 saturated heterocycles. The largest absolute Gasteiger partial charge is 0.342 e. The number of hydrogen-bond acceptors (Lipinski definition) is 4. The third-order valence-corrected chi connectivity index (χ3v) is 7.56. The summed E-state index contributed by atoms with van der Waals surface area (Å²) in [5, 5.41) is 0.756. The van der Waals surface area contributed by atoms with Gasteiger partial charge in [0.15, 0.2) is 5.16 Å². The number of likely N-dealkylation sites (tertiary alicyclic amines) is 2. The van der Waals surface area contributed by atoms with E-state index in [0.29, 0.717) is 23.5 Å². The van der Waals surface area contributed by atoms with Gasteiger partial charge in [0.1, 0.15) is 6.54 Å². The smallest absolute Gasteiger partial charge is 0.242 e. The molecule has 2 atom stereocenters. The lowest BCUT2D eigenvalue weighted by atomic mass is 9.92. The van der Waals surface area contributed by atoms with Crippen LogP contribution in [0.25, 0.3) is 11.0 Å². The monoisotopic (exact) mass is 442 g/mol. The van der Waals surface area contributed by atoms with Crippen LogP contribution < -0.4 is 0 Å². The number of nitrogens with zero attached hydrogens (tertiary/aromatic N) is 4. The highest BCUT2D eigenvalue weighted by atomic mass is 32.2. The summed E-state index contributed by atoms with van der Waals surface area (Å²) in [4.78, 5) is 34.6. The topological polar surface area (TPSA) is 58.4 Å². The average molecular weight is 443 g/mol. The van der Waals surface area contributed by atoms with E-state index < -0.39 is 0 Å². The molecule has 168 valence electrons. The minimum atomic E-state index is 0.139. The fourth-order valence-corrected chi connectivity index (χ4v) is 5.81. The second-order valence-corrected chi connectivity index (χ2v) is 10.5. The van der Waals surface area contributed by atoms with Crippen LogP contribution >= 0.6 is 11.8 Å². The maximum Gasteiger partial charge on any atom is 0.242 e. The van der Waals surface area contributed by atoms with Gasteiger partial charge in [-0.25, -0.2) is 4.98 Å². The molecule has 3 heterocycles. The standard InChI is InChI=1S/C24H34N4O2S/c1-17-8-10-26(11-9-17)23(30)16-31-24-25-20-6-4-5-7-21(20)28(24)15-22(29)27-13-18(2)12-19(3)14-27/h4-7,17-19H,8-16H2,1-3H3. The van der Waals surface area contributed by atoms with Crippen molar-refractivity contribution in [2.45, 2.75) is 51.7 Å². The summed E-state index contributed by atoms with van der Waals surface area (Å²) in [5.41, 5.74) is 1.83. The summed E-state index contributed by atoms with van der Waals surface area (Å²) in [6, 6.07) is 7.92. The molecule has 7 heteroatoms. The van der Waals surface area contributed by atoms with E-state index in [1.165, 1.54) is 18.2 Å². The van der Waals surface area contributed by atoms with E-state index in [-0.39, 0.29) is 18.4 Å². The van der Waals surface area contributed by atoms with Gasteiger partial charge in [-0.1, -0.05) is 44.7 Å². The number of amides is 2. The van der Waals surface area contributed by atoms with Gasteiger partial charge in [0.2, 0.25) is 11.8 Å². The highest BCUT2D eigenvalue weighted by Crippen LogP contribution is 2.27. The van der Waals surface area contributed by atoms with Gasteiger partial charge in [0, 0.05) is 26.2 Å². The van der Waals surface area contributed by atoms with Crippen molar-refractivity contribution in [1.29, 1.82) is 0 Å². The minimum Gasteiger partial charge on any atom is -0.342 e. The molecular formula is C24H34N4O2S. The van der Waals surface area contributed by atoms with Crippen molar-refractivity contribution in [2.75, 3.05) is 31.9 Å². The molecule has 0 spiro atoms. The number of hydrogen-bond donors (Lipinski definition) is 0. The predicted molar refractivity (Wildman–Crippen MR) is 125 cm³/mol. The summed E-state index contributed by atoms with van der Waals surface area (Å²) >= 11 is 1.45. The molecule has 2 fully saturated rings. The molecule has 1 aromatic carbocycles. The molecule has 4 rings (SSSR count). The summed E-state index contributed by atoms with van der Waals surface area (Å²) in [7, 11) is 0. The lowest BCUT2D eigenvalue weighted by Crippen LogP contribution is -2.44. The molecule has 1 aromatic heterocycles. The van der Waals surface area contributed by atoms with Gasteiger partial charge in [-0.15, -0.1) is 0 Å². The first kappa shape index (κ1) is 22.2. The number of piperidine rings is 2. The van der Waals surface area contributed by atoms with Gasteiger partial charge < -0.3 is 14.4 Å². The van der Waals surface area contributed by atoms with Crippen LogP contribution in [0.4, 0.5) is 0 Å². The summed E-state index contributed by atoms with van der Waals surface area (Å²) in [6.07, 6.45) is 3.34. The Morgan fingerprint density at radius 3 is 2.35 bits per heavy atom. The van der Waals surface area contributed by atoms with Crippen LogP contribution in [0.15, 0.2) is 29.4 Å². The van der Waals surface area contributed by atoms with Crippen LogP contribution in [0.3, 0.4) is 0 Å². The normalized spacial score (nSPS) is 22.8. The fraction of sp³-hybridized carbons (Fsp3) is 0.625. The molecule has 0 N–H and O–H groups in total. The molecule has 0 radical (unpaired) electrons. The first-order valence-electron chi connectivity index (χ1n) is 11.5. The number of fused-ring (bicyclic) bond motifs is 1. The van der Waals surface area contributed by atoms with Crippen molar-refractivity contribution in [2.24, 2.45) is 17.8 Å². The Bertz CT molecular complexity index is 925. The third-order valence-electron chi connectivity index (χ3n) is 6.60. The van der Waals surface area contributed by atoms with Crippen molar-refractivity contribution in [3.8, 4) is 0 Å². The predicted octanol–water partition coefficient (Wildman–Crippen LogP) is 3.89. The van der Waals surface area contributed by atoms with Crippen LogP contribution in [0.2, 0.25) is 0 Å². The zero-order valence-corrected chi connectivity index (χ0v) is 19.7. The Morgan fingerprint density at radius 1 is 0.968 bits per heavy atom. The molecule has 2 aliphatic rings. The SMILES string of the molecule is CC1CCN(C(=O)CSc2nc3ccccc3n2CC(=O)N2CC(C)CC(C)C2)CC1. The van der Waals surface area contributed by atoms with Crippen molar-refractivity contribution >= 4 is 34.6 Å². The number of para-hydroxylation sites is 2. The van der Waals surface area contributed by atoms with Crippen LogP contribution in [0.1, 0.15) is 40.0 Å². The van der Waals surface area contributed by atoms with Crippen LogP contribution in [-0.4, -0.2) is 63.1 Å². The highest BCUT2D eigenvalue weighted by molar-refractivity contribution is 7.99. The van der Waals surface area contributed by atoms with Gasteiger partial charge in [0.25, 0.3) is 0 Å². The third kappa shape index (κ3) is 5.25. The van der Waals surface area contributed by atoms with Crippen molar-refractivity contribution in [3.05, 3.63) is 24.3 Å². The lowest BCUT2D eigenvalue weighted by molar-refractivity contribution is -0.134. The first-order valence-corrected chi connectivity index (χ1v) is 12.5. The van der Waals surface area contributed by atoms with Crippen LogP contribution in [0, 0.1) is 17.8 Å². The number of carbonyl (C=O) groups excluding carboxylic acids is 2. The number of thioether (sulfide) groups is 1. The van der Waals surface area contributed by atoms with Crippen molar-refractivity contribution in [3.63, 3.8) is 0 Å². The summed E-state index contributed by atoms with van der Waals surface area (Å²) in [5.74, 6) is 2.44. The summed E-state index contributed by atoms with van der Waals surface area (Å²) < 4.78 is 2.00. The van der Waals surface area contributed by atoms with Gasteiger partial charge >= 0.3 is 0 Å². The minimum absolute atomic E-state index is 0.139. The second kappa shape index (κ2) is 9.63. The maximum atomic E-state index is 13.2. The Hall–Kier alpha value is -2.02. The molecule has 0 saturated carbocycles. The molecule has 0 aliphatic carbocycles. The zero-order valence-electron chi connectivity index (χ0n) is 18.9. The van der Waals surface area contributed by atoms with Crippen LogP contribution in [-0.2, 0) is 16.1 Å². The average Bonchev–Trinajstić information content (AvgIpc) is 3.09. The number of rotatable bonds is 5. The Labute approximate surface area is 189 Å². The maximum absolute atomic E-state index is 13.2. The van der Waals surface area contributed by atoms with Crippen LogP contribution in [0.5, 0.6) is 0 Å². The van der Waals surface area contributed by atoms with Crippen molar-refractivity contribution < 1.29 is 9.59 Å². The van der Waals surface area contributed by atoms with Gasteiger partial charge in [-0.05, 0) is 49.1 Å². The van der Waals surface area contributed by atoms with E-state index in [4.69, 9.17) is 4.98 Å². The van der Waals surface area contributed by atoms with E-state index in [1.54, 1.807) is 0 Å². The molecular weight excluding hydrogens is 408 g/mol. The fourth-order valence-electron chi connectivity index (χ4n) is 4.89. The first-order chi connectivity index (χ1) is 14.9. The van der Waals surface area contributed by atoms with E-state index in [2.05, 4.69) is 20.8 Å². The molecule has 2 aromatic rings. The Morgan fingerprint density at radius 2 is 1.65 bits per heavy atom. The van der Waals surface area contributed by atoms with Crippen molar-refractivity contribution in [1.82, 2.24) is 19.4 Å². The molecule has 2 aliphatic heterocycles. The van der Waals surface area contributed by atoms with Gasteiger partial charge in [-0.3, -0.25) is 9.59 Å². The van der Waals surface area contributed by atoms with E-state index in [0.717, 1.165) is 55.2 Å². The molecule has 6 nitrogen and oxygen atoms in total. The van der Waals surface area contributed by atoms with E-state index in [9.17, 15) is 9.59 Å². The number of aromatic nitrogens is 2. The number of imidazole rings is 1. The molecule has 0 bridgehead atoms. The second-order valence-electron chi connectivity index (χ2n) is 9.57. The number of carbonyl (C=O) groups is 2. The van der Waals surface area contributed by atoms with E-state index in [1.807, 2.05) is 38.6 Å². The Balaban J connectivity index is 1.48.